The lowest BCUT2D eigenvalue weighted by atomic mass is 10.0. The lowest BCUT2D eigenvalue weighted by molar-refractivity contribution is -0.161. The molecule has 0 aromatic heterocycles. The van der Waals surface area contributed by atoms with Crippen LogP contribution in [0.5, 0.6) is 0 Å². The molecule has 0 aliphatic carbocycles. The average Bonchev–Trinajstić information content (AvgIpc) is 3.12. The Labute approximate surface area is 312 Å². The van der Waals surface area contributed by atoms with Crippen molar-refractivity contribution in [2.75, 3.05) is 20.3 Å². The molecule has 0 rings (SSSR count). The van der Waals surface area contributed by atoms with Crippen LogP contribution in [-0.2, 0) is 32.7 Å². The maximum absolute atomic E-state index is 12.4. The highest BCUT2D eigenvalue weighted by Crippen LogP contribution is 2.42. The molecule has 0 radical (unpaired) electrons. The Morgan fingerprint density at radius 1 is 0.569 bits per heavy atom. The van der Waals surface area contributed by atoms with Gasteiger partial charge in [0.25, 0.3) is 0 Å². The summed E-state index contributed by atoms with van der Waals surface area (Å²) in [5, 5.41) is 0. The van der Waals surface area contributed by atoms with Crippen LogP contribution >= 0.6 is 7.82 Å². The Balaban J connectivity index is 4.04. The number of hydrogen-bond acceptors (Lipinski definition) is 7. The van der Waals surface area contributed by atoms with Gasteiger partial charge in [-0.05, 0) is 38.5 Å². The van der Waals surface area contributed by atoms with E-state index in [2.05, 4.69) is 54.8 Å². The van der Waals surface area contributed by atoms with Gasteiger partial charge in [-0.1, -0.05) is 178 Å². The standard InChI is InChI=1S/C42H75O8P/c1-4-6-8-10-12-14-16-18-19-20-21-22-23-25-26-28-30-32-34-36-41(43)48-38-40(39-49-51(45,46)47-3)50-42(44)37-35-33-31-29-27-24-17-15-13-11-9-7-5-2/h7,9,13,15,24,27,31,33,40H,4-6,8,10-12,14,16-23,25-26,28-30,32,34-39H2,1-3H3,(H,45,46)/b9-7-,15-13-,27-24-,33-31-. The fourth-order valence-corrected chi connectivity index (χ4v) is 5.96. The summed E-state index contributed by atoms with van der Waals surface area (Å²) in [6.07, 6.45) is 44.7. The van der Waals surface area contributed by atoms with E-state index >= 15 is 0 Å². The van der Waals surface area contributed by atoms with Crippen molar-refractivity contribution in [3.8, 4) is 0 Å². The Bertz CT molecular complexity index is 974. The van der Waals surface area contributed by atoms with E-state index in [1.165, 1.54) is 103 Å². The van der Waals surface area contributed by atoms with E-state index in [0.29, 0.717) is 6.42 Å². The Kier molecular flexibility index (Phi) is 36.3. The quantitative estimate of drug-likeness (QED) is 0.0290. The number of allylic oxidation sites excluding steroid dienone is 8. The summed E-state index contributed by atoms with van der Waals surface area (Å²) < 4.78 is 31.8. The van der Waals surface area contributed by atoms with E-state index in [-0.39, 0.29) is 25.4 Å². The second kappa shape index (κ2) is 37.8. The number of phosphoric acid groups is 1. The maximum Gasteiger partial charge on any atom is 0.472 e. The minimum atomic E-state index is -4.28. The van der Waals surface area contributed by atoms with Crippen molar-refractivity contribution in [1.82, 2.24) is 0 Å². The molecular weight excluding hydrogens is 663 g/mol. The fourth-order valence-electron chi connectivity index (χ4n) is 5.50. The highest BCUT2D eigenvalue weighted by Gasteiger charge is 2.24. The van der Waals surface area contributed by atoms with E-state index in [4.69, 9.17) is 14.0 Å². The summed E-state index contributed by atoms with van der Waals surface area (Å²) >= 11 is 0. The third-order valence-corrected chi connectivity index (χ3v) is 9.54. The Morgan fingerprint density at radius 3 is 1.45 bits per heavy atom. The van der Waals surface area contributed by atoms with Gasteiger partial charge in [-0.25, -0.2) is 4.57 Å². The van der Waals surface area contributed by atoms with Gasteiger partial charge in [-0.2, -0.15) is 0 Å². The second-order valence-electron chi connectivity index (χ2n) is 13.4. The Morgan fingerprint density at radius 2 is 1.00 bits per heavy atom. The minimum Gasteiger partial charge on any atom is -0.462 e. The molecule has 0 saturated heterocycles. The molecular formula is C42H75O8P. The number of carbonyl (C=O) groups excluding carboxylic acids is 2. The smallest absolute Gasteiger partial charge is 0.462 e. The van der Waals surface area contributed by atoms with Gasteiger partial charge in [0, 0.05) is 20.0 Å². The summed E-state index contributed by atoms with van der Waals surface area (Å²) in [5.74, 6) is -0.896. The van der Waals surface area contributed by atoms with Crippen molar-refractivity contribution in [2.24, 2.45) is 0 Å². The second-order valence-corrected chi connectivity index (χ2v) is 15.0. The van der Waals surface area contributed by atoms with Crippen LogP contribution in [0.2, 0.25) is 0 Å². The molecule has 1 N–H and O–H groups in total. The molecule has 0 heterocycles. The van der Waals surface area contributed by atoms with Gasteiger partial charge in [0.05, 0.1) is 6.61 Å². The molecule has 9 heteroatoms. The predicted octanol–water partition coefficient (Wildman–Crippen LogP) is 12.6. The molecule has 0 aliphatic rings. The molecule has 0 bridgehead atoms. The van der Waals surface area contributed by atoms with Gasteiger partial charge < -0.3 is 14.4 Å². The number of carbonyl (C=O) groups is 2. The molecule has 8 nitrogen and oxygen atoms in total. The molecule has 0 amide bonds. The summed E-state index contributed by atoms with van der Waals surface area (Å²) in [6, 6.07) is 0. The van der Waals surface area contributed by atoms with Crippen molar-refractivity contribution >= 4 is 19.8 Å². The van der Waals surface area contributed by atoms with Crippen LogP contribution in [0.15, 0.2) is 48.6 Å². The molecule has 2 atom stereocenters. The number of rotatable bonds is 37. The first kappa shape index (κ1) is 49.0. The van der Waals surface area contributed by atoms with Crippen molar-refractivity contribution in [2.45, 2.75) is 187 Å². The largest absolute Gasteiger partial charge is 0.472 e. The fraction of sp³-hybridized carbons (Fsp3) is 0.762. The topological polar surface area (TPSA) is 108 Å². The third-order valence-electron chi connectivity index (χ3n) is 8.60. The molecule has 296 valence electrons. The van der Waals surface area contributed by atoms with Crippen molar-refractivity contribution in [3.05, 3.63) is 48.6 Å². The van der Waals surface area contributed by atoms with Crippen molar-refractivity contribution < 1.29 is 37.6 Å². The van der Waals surface area contributed by atoms with E-state index < -0.39 is 26.5 Å². The normalized spacial score (nSPS) is 13.9. The molecule has 51 heavy (non-hydrogen) atoms. The van der Waals surface area contributed by atoms with E-state index in [9.17, 15) is 19.0 Å². The lowest BCUT2D eigenvalue weighted by Crippen LogP contribution is -2.29. The predicted molar refractivity (Wildman–Crippen MR) is 212 cm³/mol. The Hall–Kier alpha value is -1.99. The van der Waals surface area contributed by atoms with Gasteiger partial charge in [-0.15, -0.1) is 0 Å². The van der Waals surface area contributed by atoms with Crippen LogP contribution in [0.1, 0.15) is 181 Å². The third kappa shape index (κ3) is 37.6. The summed E-state index contributed by atoms with van der Waals surface area (Å²) in [5.41, 5.74) is 0. The minimum absolute atomic E-state index is 0.124. The highest BCUT2D eigenvalue weighted by atomic mass is 31.2. The number of unbranched alkanes of at least 4 members (excludes halogenated alkanes) is 18. The van der Waals surface area contributed by atoms with Crippen LogP contribution in [0, 0.1) is 0 Å². The van der Waals surface area contributed by atoms with Crippen molar-refractivity contribution in [3.63, 3.8) is 0 Å². The first-order chi connectivity index (χ1) is 24.8. The van der Waals surface area contributed by atoms with Gasteiger partial charge in [0.1, 0.15) is 6.61 Å². The lowest BCUT2D eigenvalue weighted by Gasteiger charge is -2.19. The molecule has 0 aromatic carbocycles. The average molecular weight is 739 g/mol. The van der Waals surface area contributed by atoms with Crippen LogP contribution in [0.3, 0.4) is 0 Å². The zero-order valence-electron chi connectivity index (χ0n) is 32.7. The van der Waals surface area contributed by atoms with Crippen LogP contribution in [0.25, 0.3) is 0 Å². The highest BCUT2D eigenvalue weighted by molar-refractivity contribution is 7.47. The molecule has 0 saturated carbocycles. The monoisotopic (exact) mass is 739 g/mol. The molecule has 0 aromatic rings. The van der Waals surface area contributed by atoms with Gasteiger partial charge in [0.2, 0.25) is 0 Å². The zero-order chi connectivity index (χ0) is 37.5. The SMILES string of the molecule is CC/C=C\C/C=C\C/C=C\C/C=C\CCC(=O)OC(COC(=O)CCCCCCCCCCCCCCCCCCCCC)COP(=O)(O)OC. The molecule has 2 unspecified atom stereocenters. The summed E-state index contributed by atoms with van der Waals surface area (Å²) in [7, 11) is -3.23. The van der Waals surface area contributed by atoms with Gasteiger partial charge >= 0.3 is 19.8 Å². The van der Waals surface area contributed by atoms with Gasteiger partial charge in [0.15, 0.2) is 6.10 Å². The van der Waals surface area contributed by atoms with Crippen LogP contribution < -0.4 is 0 Å². The van der Waals surface area contributed by atoms with Gasteiger partial charge in [-0.3, -0.25) is 18.6 Å². The number of hydrogen-bond donors (Lipinski definition) is 1. The number of ether oxygens (including phenoxy) is 2. The van der Waals surface area contributed by atoms with E-state index in [0.717, 1.165) is 52.1 Å². The van der Waals surface area contributed by atoms with E-state index in [1.54, 1.807) is 0 Å². The molecule has 0 fully saturated rings. The van der Waals surface area contributed by atoms with Crippen molar-refractivity contribution in [1.29, 1.82) is 0 Å². The first-order valence-electron chi connectivity index (χ1n) is 20.3. The summed E-state index contributed by atoms with van der Waals surface area (Å²) in [4.78, 5) is 34.3. The van der Waals surface area contributed by atoms with Crippen LogP contribution in [0.4, 0.5) is 0 Å². The summed E-state index contributed by atoms with van der Waals surface area (Å²) in [6.45, 7) is 3.71. The van der Waals surface area contributed by atoms with E-state index in [1.807, 2.05) is 12.2 Å². The van der Waals surface area contributed by atoms with Crippen LogP contribution in [-0.4, -0.2) is 43.3 Å². The molecule has 0 spiro atoms. The molecule has 0 aliphatic heterocycles. The number of phosphoric ester groups is 1. The first-order valence-corrected chi connectivity index (χ1v) is 21.8. The zero-order valence-corrected chi connectivity index (χ0v) is 33.6. The maximum atomic E-state index is 12.4. The number of esters is 2.